The first-order valence-corrected chi connectivity index (χ1v) is 7.34. The van der Waals surface area contributed by atoms with Crippen molar-refractivity contribution in [2.75, 3.05) is 30.0 Å². The van der Waals surface area contributed by atoms with Gasteiger partial charge in [-0.2, -0.15) is 0 Å². The van der Waals surface area contributed by atoms with Gasteiger partial charge in [-0.3, -0.25) is 4.79 Å². The number of hydrogen-bond donors (Lipinski definition) is 1. The zero-order valence-corrected chi connectivity index (χ0v) is 12.6. The largest absolute Gasteiger partial charge is 0.378 e. The summed E-state index contributed by atoms with van der Waals surface area (Å²) >= 11 is 1.93. The van der Waals surface area contributed by atoms with Crippen LogP contribution in [-0.4, -0.2) is 31.7 Å². The Hall–Kier alpha value is -0.890. The Morgan fingerprint density at radius 3 is 3.05 bits per heavy atom. The number of carbonyl (C=O) groups is 1. The monoisotopic (exact) mass is 376 g/mol. The lowest BCUT2D eigenvalue weighted by Crippen LogP contribution is -2.42. The van der Waals surface area contributed by atoms with Crippen molar-refractivity contribution in [2.24, 2.45) is 5.92 Å². The summed E-state index contributed by atoms with van der Waals surface area (Å²) in [6.07, 6.45) is 0. The van der Waals surface area contributed by atoms with Crippen molar-refractivity contribution in [1.82, 2.24) is 0 Å². The van der Waals surface area contributed by atoms with E-state index >= 15 is 0 Å². The molecular formula is C13H14FIN2O2. The Labute approximate surface area is 124 Å². The molecule has 0 aromatic heterocycles. The van der Waals surface area contributed by atoms with Crippen molar-refractivity contribution in [3.8, 4) is 0 Å². The Bertz CT molecular complexity index is 538. The highest BCUT2D eigenvalue weighted by molar-refractivity contribution is 14.1. The summed E-state index contributed by atoms with van der Waals surface area (Å²) in [7, 11) is 0. The number of hydrogen-bond acceptors (Lipinski definition) is 3. The number of ether oxygens (including phenoxy) is 1. The van der Waals surface area contributed by atoms with Crippen LogP contribution < -0.4 is 10.2 Å². The van der Waals surface area contributed by atoms with Gasteiger partial charge < -0.3 is 15.0 Å². The minimum absolute atomic E-state index is 0.00860. The van der Waals surface area contributed by atoms with Crippen LogP contribution >= 0.6 is 22.6 Å². The number of likely N-dealkylation sites (N-methyl/N-ethyl adjacent to an activating group) is 1. The second-order valence-corrected chi connectivity index (χ2v) is 5.93. The first-order valence-electron chi connectivity index (χ1n) is 6.26. The lowest BCUT2D eigenvalue weighted by atomic mass is 10.0. The molecule has 2 unspecified atom stereocenters. The van der Waals surface area contributed by atoms with E-state index in [1.54, 1.807) is 6.07 Å². The average molecular weight is 376 g/mol. The number of anilines is 2. The molecule has 6 heteroatoms. The van der Waals surface area contributed by atoms with Crippen molar-refractivity contribution in [3.05, 3.63) is 21.5 Å². The molecule has 1 amide bonds. The molecule has 1 fully saturated rings. The zero-order chi connectivity index (χ0) is 13.6. The summed E-state index contributed by atoms with van der Waals surface area (Å²) in [5, 5.41) is 2.89. The van der Waals surface area contributed by atoms with Gasteiger partial charge in [0.2, 0.25) is 5.91 Å². The van der Waals surface area contributed by atoms with Crippen LogP contribution in [0.3, 0.4) is 0 Å². The molecular weight excluding hydrogens is 362 g/mol. The predicted molar refractivity (Wildman–Crippen MR) is 78.9 cm³/mol. The first kappa shape index (κ1) is 13.1. The van der Waals surface area contributed by atoms with Crippen molar-refractivity contribution in [3.63, 3.8) is 0 Å². The zero-order valence-electron chi connectivity index (χ0n) is 10.5. The van der Waals surface area contributed by atoms with Gasteiger partial charge in [0.1, 0.15) is 5.82 Å². The van der Waals surface area contributed by atoms with Gasteiger partial charge in [0.15, 0.2) is 0 Å². The predicted octanol–water partition coefficient (Wildman–Crippen LogP) is 2.22. The van der Waals surface area contributed by atoms with E-state index in [1.807, 2.05) is 29.5 Å². The van der Waals surface area contributed by atoms with Gasteiger partial charge in [0.05, 0.1) is 40.1 Å². The molecule has 2 aliphatic rings. The number of benzene rings is 1. The molecule has 1 N–H and O–H groups in total. The SMILES string of the molecule is CCN1c2cc(F)c(I)cc2NC(=O)C2COCC21. The number of nitrogens with zero attached hydrogens (tertiary/aromatic N) is 1. The number of carbonyl (C=O) groups excluding carboxylic acids is 1. The molecule has 0 aliphatic carbocycles. The van der Waals surface area contributed by atoms with E-state index in [2.05, 4.69) is 10.2 Å². The second-order valence-electron chi connectivity index (χ2n) is 4.77. The van der Waals surface area contributed by atoms with Crippen LogP contribution in [0.15, 0.2) is 12.1 Å². The molecule has 1 aromatic rings. The fourth-order valence-electron chi connectivity index (χ4n) is 2.78. The molecule has 2 atom stereocenters. The molecule has 4 nitrogen and oxygen atoms in total. The van der Waals surface area contributed by atoms with Crippen LogP contribution in [0.1, 0.15) is 6.92 Å². The van der Waals surface area contributed by atoms with Crippen molar-refractivity contribution in [1.29, 1.82) is 0 Å². The quantitative estimate of drug-likeness (QED) is 0.765. The fourth-order valence-corrected chi connectivity index (χ4v) is 3.25. The topological polar surface area (TPSA) is 41.6 Å². The molecule has 3 rings (SSSR count). The van der Waals surface area contributed by atoms with E-state index < -0.39 is 0 Å². The van der Waals surface area contributed by atoms with E-state index in [9.17, 15) is 9.18 Å². The third-order valence-electron chi connectivity index (χ3n) is 3.73. The molecule has 2 aliphatic heterocycles. The number of fused-ring (bicyclic) bond motifs is 2. The second kappa shape index (κ2) is 4.90. The molecule has 0 bridgehead atoms. The third-order valence-corrected chi connectivity index (χ3v) is 4.56. The van der Waals surface area contributed by atoms with Crippen LogP contribution in [-0.2, 0) is 9.53 Å². The third kappa shape index (κ3) is 2.10. The lowest BCUT2D eigenvalue weighted by Gasteiger charge is -2.30. The summed E-state index contributed by atoms with van der Waals surface area (Å²) in [6.45, 7) is 3.66. The smallest absolute Gasteiger partial charge is 0.232 e. The Kier molecular flexibility index (Phi) is 3.38. The van der Waals surface area contributed by atoms with Gasteiger partial charge in [0, 0.05) is 12.6 Å². The first-order chi connectivity index (χ1) is 9.11. The van der Waals surface area contributed by atoms with Gasteiger partial charge >= 0.3 is 0 Å². The number of nitrogens with one attached hydrogen (secondary N) is 1. The summed E-state index contributed by atoms with van der Waals surface area (Å²) in [5.74, 6) is -0.486. The molecule has 1 saturated heterocycles. The van der Waals surface area contributed by atoms with Crippen LogP contribution in [0.5, 0.6) is 0 Å². The van der Waals surface area contributed by atoms with Crippen LogP contribution in [0.25, 0.3) is 0 Å². The van der Waals surface area contributed by atoms with Gasteiger partial charge in [-0.15, -0.1) is 0 Å². The summed E-state index contributed by atoms with van der Waals surface area (Å²) < 4.78 is 19.7. The molecule has 102 valence electrons. The summed E-state index contributed by atoms with van der Waals surface area (Å²) in [5.41, 5.74) is 1.43. The highest BCUT2D eigenvalue weighted by Crippen LogP contribution is 2.37. The van der Waals surface area contributed by atoms with Gasteiger partial charge in [-0.05, 0) is 35.6 Å². The van der Waals surface area contributed by atoms with Gasteiger partial charge in [-0.1, -0.05) is 0 Å². The van der Waals surface area contributed by atoms with Gasteiger partial charge in [0.25, 0.3) is 0 Å². The molecule has 1 aromatic carbocycles. The highest BCUT2D eigenvalue weighted by atomic mass is 127. The van der Waals surface area contributed by atoms with E-state index in [4.69, 9.17) is 4.74 Å². The van der Waals surface area contributed by atoms with E-state index in [1.165, 1.54) is 6.07 Å². The highest BCUT2D eigenvalue weighted by Gasteiger charge is 2.41. The van der Waals surface area contributed by atoms with Crippen LogP contribution in [0.2, 0.25) is 0 Å². The lowest BCUT2D eigenvalue weighted by molar-refractivity contribution is -0.120. The van der Waals surface area contributed by atoms with Gasteiger partial charge in [-0.25, -0.2) is 4.39 Å². The minimum Gasteiger partial charge on any atom is -0.378 e. The Morgan fingerprint density at radius 2 is 2.32 bits per heavy atom. The van der Waals surface area contributed by atoms with Crippen LogP contribution in [0.4, 0.5) is 15.8 Å². The molecule has 0 radical (unpaired) electrons. The van der Waals surface area contributed by atoms with Crippen molar-refractivity contribution >= 4 is 39.9 Å². The summed E-state index contributed by atoms with van der Waals surface area (Å²) in [6, 6.07) is 3.18. The summed E-state index contributed by atoms with van der Waals surface area (Å²) in [4.78, 5) is 14.3. The molecule has 0 spiro atoms. The molecule has 2 heterocycles. The fraction of sp³-hybridized carbons (Fsp3) is 0.462. The maximum atomic E-state index is 13.8. The normalized spacial score (nSPS) is 25.6. The maximum Gasteiger partial charge on any atom is 0.232 e. The Morgan fingerprint density at radius 1 is 1.53 bits per heavy atom. The number of halogens is 2. The van der Waals surface area contributed by atoms with Crippen LogP contribution in [0, 0.1) is 15.3 Å². The van der Waals surface area contributed by atoms with E-state index in [-0.39, 0.29) is 23.7 Å². The standard InChI is InChI=1S/C13H14FIN2O2/c1-2-17-11-3-8(14)9(15)4-10(11)16-13(18)7-5-19-6-12(7)17/h3-4,7,12H,2,5-6H2,1H3,(H,16,18). The average Bonchev–Trinajstić information content (AvgIpc) is 2.81. The molecule has 19 heavy (non-hydrogen) atoms. The maximum absolute atomic E-state index is 13.8. The van der Waals surface area contributed by atoms with E-state index in [0.717, 1.165) is 5.69 Å². The molecule has 0 saturated carbocycles. The van der Waals surface area contributed by atoms with Crippen molar-refractivity contribution in [2.45, 2.75) is 13.0 Å². The minimum atomic E-state index is -0.260. The van der Waals surface area contributed by atoms with Crippen molar-refractivity contribution < 1.29 is 13.9 Å². The van der Waals surface area contributed by atoms with E-state index in [0.29, 0.717) is 29.0 Å². The number of rotatable bonds is 1. The Balaban J connectivity index is 2.13. The number of amides is 1.